The first kappa shape index (κ1) is 9.45. The average Bonchev–Trinajstić information content (AvgIpc) is 1.87. The molecule has 10 heavy (non-hydrogen) atoms. The Balaban J connectivity index is 3.85. The van der Waals surface area contributed by atoms with Gasteiger partial charge < -0.3 is 5.11 Å². The molecule has 0 saturated carbocycles. The second kappa shape index (κ2) is 5.25. The van der Waals surface area contributed by atoms with Gasteiger partial charge in [-0.2, -0.15) is 0 Å². The van der Waals surface area contributed by atoms with E-state index in [0.29, 0.717) is 5.75 Å². The molecule has 0 spiro atoms. The Kier molecular flexibility index (Phi) is 4.96. The Hall–Kier alpha value is -0.550. The van der Waals surface area contributed by atoms with E-state index in [1.807, 2.05) is 0 Å². The van der Waals surface area contributed by atoms with E-state index in [2.05, 4.69) is 4.99 Å². The highest BCUT2D eigenvalue weighted by atomic mass is 32.2. The Morgan fingerprint density at radius 3 is 2.90 bits per heavy atom. The summed E-state index contributed by atoms with van der Waals surface area (Å²) < 4.78 is 0. The second-order valence-electron chi connectivity index (χ2n) is 1.59. The highest BCUT2D eigenvalue weighted by molar-refractivity contribution is 7.97. The Morgan fingerprint density at radius 2 is 2.60 bits per heavy atom. The van der Waals surface area contributed by atoms with E-state index >= 15 is 0 Å². The van der Waals surface area contributed by atoms with Crippen molar-refractivity contribution in [2.24, 2.45) is 10.1 Å². The van der Waals surface area contributed by atoms with Crippen molar-refractivity contribution < 1.29 is 9.90 Å². The maximum Gasteiger partial charge on any atom is 0.329 e. The number of hydrogen-bond acceptors (Lipinski definition) is 4. The molecule has 3 N–H and O–H groups in total. The van der Waals surface area contributed by atoms with Crippen LogP contribution in [0.3, 0.4) is 0 Å². The van der Waals surface area contributed by atoms with Gasteiger partial charge in [-0.25, -0.2) is 4.79 Å². The van der Waals surface area contributed by atoms with Gasteiger partial charge in [-0.05, 0) is 13.1 Å². The highest BCUT2D eigenvalue weighted by Gasteiger charge is 2.13. The summed E-state index contributed by atoms with van der Waals surface area (Å²) in [5.41, 5.74) is 0. The molecule has 0 aliphatic heterocycles. The minimum Gasteiger partial charge on any atom is -0.480 e. The minimum absolute atomic E-state index is 0.319. The van der Waals surface area contributed by atoms with Crippen LogP contribution in [-0.4, -0.2) is 29.1 Å². The number of nitrogens with zero attached hydrogens (tertiary/aromatic N) is 1. The molecule has 4 nitrogen and oxygen atoms in total. The zero-order valence-electron chi connectivity index (χ0n) is 5.65. The molecule has 0 radical (unpaired) electrons. The SMILES string of the molecule is CC=N[C@@H](CSN)C(=O)O. The summed E-state index contributed by atoms with van der Waals surface area (Å²) in [4.78, 5) is 14.0. The Labute approximate surface area is 63.6 Å². The van der Waals surface area contributed by atoms with Gasteiger partial charge in [0, 0.05) is 5.75 Å². The number of carboxylic acid groups (broad SMARTS) is 1. The highest BCUT2D eigenvalue weighted by Crippen LogP contribution is 1.97. The fourth-order valence-corrected chi connectivity index (χ4v) is 0.860. The third-order valence-corrected chi connectivity index (χ3v) is 1.38. The number of hydrogen-bond donors (Lipinski definition) is 2. The summed E-state index contributed by atoms with van der Waals surface area (Å²) in [7, 11) is 0. The molecule has 0 unspecified atom stereocenters. The topological polar surface area (TPSA) is 75.7 Å². The molecular weight excluding hydrogens is 152 g/mol. The van der Waals surface area contributed by atoms with E-state index in [4.69, 9.17) is 10.2 Å². The quantitative estimate of drug-likeness (QED) is 0.455. The van der Waals surface area contributed by atoms with E-state index in [-0.39, 0.29) is 0 Å². The minimum atomic E-state index is -0.934. The van der Waals surface area contributed by atoms with Gasteiger partial charge in [-0.15, -0.1) is 0 Å². The van der Waals surface area contributed by atoms with Crippen molar-refractivity contribution in [1.29, 1.82) is 0 Å². The van der Waals surface area contributed by atoms with Gasteiger partial charge in [-0.3, -0.25) is 10.1 Å². The van der Waals surface area contributed by atoms with Crippen LogP contribution in [0.2, 0.25) is 0 Å². The number of carbonyl (C=O) groups is 1. The first-order valence-electron chi connectivity index (χ1n) is 2.74. The summed E-state index contributed by atoms with van der Waals surface area (Å²) in [5.74, 6) is -0.615. The van der Waals surface area contributed by atoms with Crippen LogP contribution in [0.15, 0.2) is 4.99 Å². The lowest BCUT2D eigenvalue weighted by Gasteiger charge is -2.02. The van der Waals surface area contributed by atoms with Crippen LogP contribution < -0.4 is 5.14 Å². The maximum absolute atomic E-state index is 10.3. The van der Waals surface area contributed by atoms with Crippen LogP contribution in [0.4, 0.5) is 0 Å². The predicted octanol–water partition coefficient (Wildman–Crippen LogP) is 0.137. The molecule has 0 bridgehead atoms. The van der Waals surface area contributed by atoms with Crippen LogP contribution in [0.5, 0.6) is 0 Å². The number of aliphatic imine (C=N–C) groups is 1. The number of carboxylic acids is 1. The summed E-state index contributed by atoms with van der Waals surface area (Å²) in [5, 5.41) is 13.5. The van der Waals surface area contributed by atoms with Crippen molar-refractivity contribution in [1.82, 2.24) is 0 Å². The van der Waals surface area contributed by atoms with Gasteiger partial charge in [0.15, 0.2) is 6.04 Å². The molecule has 58 valence electrons. The third kappa shape index (κ3) is 3.47. The molecular formula is C5H10N2O2S. The third-order valence-electron chi connectivity index (χ3n) is 0.868. The smallest absolute Gasteiger partial charge is 0.329 e. The molecule has 0 rings (SSSR count). The van der Waals surface area contributed by atoms with Crippen molar-refractivity contribution in [3.63, 3.8) is 0 Å². The van der Waals surface area contributed by atoms with Crippen LogP contribution in [0.1, 0.15) is 6.92 Å². The fraction of sp³-hybridized carbons (Fsp3) is 0.600. The van der Waals surface area contributed by atoms with Crippen molar-refractivity contribution in [2.45, 2.75) is 13.0 Å². The monoisotopic (exact) mass is 162 g/mol. The summed E-state index contributed by atoms with van der Waals surface area (Å²) in [6, 6.07) is -0.694. The standard InChI is InChI=1S/C5H10N2O2S/c1-2-7-4(3-10-6)5(8)9/h2,4H,3,6H2,1H3,(H,8,9)/t4-/m0/s1. The van der Waals surface area contributed by atoms with Crippen LogP contribution in [0, 0.1) is 0 Å². The number of rotatable bonds is 4. The molecule has 0 heterocycles. The lowest BCUT2D eigenvalue weighted by Crippen LogP contribution is -2.21. The van der Waals surface area contributed by atoms with Gasteiger partial charge in [0.2, 0.25) is 0 Å². The largest absolute Gasteiger partial charge is 0.480 e. The average molecular weight is 162 g/mol. The van der Waals surface area contributed by atoms with Crippen LogP contribution in [0.25, 0.3) is 0 Å². The molecule has 5 heteroatoms. The zero-order chi connectivity index (χ0) is 7.98. The maximum atomic E-state index is 10.3. The zero-order valence-corrected chi connectivity index (χ0v) is 6.47. The van der Waals surface area contributed by atoms with Crippen molar-refractivity contribution >= 4 is 24.1 Å². The normalized spacial score (nSPS) is 13.8. The van der Waals surface area contributed by atoms with Gasteiger partial charge >= 0.3 is 5.97 Å². The van der Waals surface area contributed by atoms with Crippen molar-refractivity contribution in [3.05, 3.63) is 0 Å². The van der Waals surface area contributed by atoms with E-state index < -0.39 is 12.0 Å². The molecule has 0 aromatic rings. The first-order chi connectivity index (χ1) is 4.72. The number of aliphatic carboxylic acids is 1. The van der Waals surface area contributed by atoms with E-state index in [0.717, 1.165) is 11.9 Å². The molecule has 0 aliphatic carbocycles. The number of nitrogens with two attached hydrogens (primary N) is 1. The second-order valence-corrected chi connectivity index (χ2v) is 2.26. The first-order valence-corrected chi connectivity index (χ1v) is 3.79. The molecule has 1 atom stereocenters. The molecule has 0 fully saturated rings. The summed E-state index contributed by atoms with van der Waals surface area (Å²) in [6.07, 6.45) is 1.47. The van der Waals surface area contributed by atoms with E-state index in [9.17, 15) is 4.79 Å². The van der Waals surface area contributed by atoms with Crippen LogP contribution in [-0.2, 0) is 4.79 Å². The summed E-state index contributed by atoms with van der Waals surface area (Å²) in [6.45, 7) is 1.68. The summed E-state index contributed by atoms with van der Waals surface area (Å²) >= 11 is 0.983. The van der Waals surface area contributed by atoms with Crippen molar-refractivity contribution in [3.8, 4) is 0 Å². The van der Waals surface area contributed by atoms with Gasteiger partial charge in [0.25, 0.3) is 0 Å². The lowest BCUT2D eigenvalue weighted by atomic mass is 10.4. The van der Waals surface area contributed by atoms with Gasteiger partial charge in [-0.1, -0.05) is 11.9 Å². The molecule has 0 amide bonds. The molecule has 0 aromatic carbocycles. The van der Waals surface area contributed by atoms with Crippen molar-refractivity contribution in [2.75, 3.05) is 5.75 Å². The molecule has 0 aromatic heterocycles. The lowest BCUT2D eigenvalue weighted by molar-refractivity contribution is -0.137. The predicted molar refractivity (Wildman–Crippen MR) is 42.2 cm³/mol. The fourth-order valence-electron chi connectivity index (χ4n) is 0.449. The van der Waals surface area contributed by atoms with E-state index in [1.165, 1.54) is 6.21 Å². The van der Waals surface area contributed by atoms with Gasteiger partial charge in [0.1, 0.15) is 0 Å². The Bertz CT molecular complexity index is 138. The van der Waals surface area contributed by atoms with Crippen LogP contribution >= 0.6 is 11.9 Å². The Morgan fingerprint density at radius 1 is 2.00 bits per heavy atom. The van der Waals surface area contributed by atoms with Gasteiger partial charge in [0.05, 0.1) is 0 Å². The molecule has 0 saturated heterocycles. The molecule has 0 aliphatic rings. The van der Waals surface area contributed by atoms with E-state index in [1.54, 1.807) is 6.92 Å².